The van der Waals surface area contributed by atoms with Crippen molar-refractivity contribution in [2.75, 3.05) is 36.4 Å². The molecule has 1 aromatic carbocycles. The highest BCUT2D eigenvalue weighted by atomic mass is 19.1. The summed E-state index contributed by atoms with van der Waals surface area (Å²) in [6, 6.07) is 4.92. The van der Waals surface area contributed by atoms with E-state index in [1.54, 1.807) is 39.4 Å². The molecule has 1 fully saturated rings. The summed E-state index contributed by atoms with van der Waals surface area (Å²) < 4.78 is 23.4. The molecule has 4 heterocycles. The Morgan fingerprint density at radius 2 is 1.84 bits per heavy atom. The average Bonchev–Trinajstić information content (AvgIpc) is 3.46. The van der Waals surface area contributed by atoms with E-state index in [0.29, 0.717) is 55.2 Å². The van der Waals surface area contributed by atoms with Crippen LogP contribution in [0, 0.1) is 12.7 Å². The topological polar surface area (TPSA) is 97.0 Å². The summed E-state index contributed by atoms with van der Waals surface area (Å²) in [5.41, 5.74) is 2.58. The minimum Gasteiger partial charge on any atom is -0.444 e. The molecule has 5 rings (SSSR count). The maximum atomic E-state index is 14.5. The second-order valence-electron chi connectivity index (χ2n) is 10.5. The molecule has 1 aliphatic rings. The van der Waals surface area contributed by atoms with Crippen molar-refractivity contribution in [2.24, 2.45) is 0 Å². The van der Waals surface area contributed by atoms with Gasteiger partial charge in [-0.05, 0) is 46.8 Å². The first-order valence-corrected chi connectivity index (χ1v) is 12.7. The Kier molecular flexibility index (Phi) is 6.46. The molecule has 0 aliphatic carbocycles. The number of halogens is 1. The maximum absolute atomic E-state index is 14.5. The lowest BCUT2D eigenvalue weighted by Gasteiger charge is -2.37. The number of carbonyl (C=O) groups is 2. The quantitative estimate of drug-likeness (QED) is 0.426. The van der Waals surface area contributed by atoms with Crippen molar-refractivity contribution >= 4 is 39.9 Å². The van der Waals surface area contributed by atoms with Crippen LogP contribution < -0.4 is 10.2 Å². The molecular formula is C27H32FN7O3. The van der Waals surface area contributed by atoms with E-state index in [1.807, 2.05) is 40.0 Å². The van der Waals surface area contributed by atoms with Crippen LogP contribution in [-0.4, -0.2) is 67.8 Å². The standard InChI is InChI=1S/C27H32FN7O3/c1-6-35-16-20-22(32-9-11-33(12-10-32)26(37)38-27(3,4)5)8-7-19(23(20)31-35)25(36)30-18-13-21(28)24-29-17(2)14-34(24)15-18/h7-8,13-16H,6,9-12H2,1-5H3,(H,30,36). The number of anilines is 2. The zero-order valence-corrected chi connectivity index (χ0v) is 22.3. The lowest BCUT2D eigenvalue weighted by atomic mass is 10.1. The van der Waals surface area contributed by atoms with Gasteiger partial charge >= 0.3 is 6.09 Å². The molecule has 200 valence electrons. The predicted molar refractivity (Wildman–Crippen MR) is 143 cm³/mol. The number of nitrogens with zero attached hydrogens (tertiary/aromatic N) is 6. The Bertz CT molecular complexity index is 1530. The minimum absolute atomic E-state index is 0.209. The van der Waals surface area contributed by atoms with Gasteiger partial charge in [0.1, 0.15) is 11.1 Å². The van der Waals surface area contributed by atoms with E-state index in [-0.39, 0.29) is 17.6 Å². The number of fused-ring (bicyclic) bond motifs is 2. The monoisotopic (exact) mass is 521 g/mol. The molecule has 3 aromatic heterocycles. The number of rotatable bonds is 4. The Morgan fingerprint density at radius 1 is 1.11 bits per heavy atom. The Balaban J connectivity index is 1.39. The zero-order chi connectivity index (χ0) is 27.2. The summed E-state index contributed by atoms with van der Waals surface area (Å²) in [4.78, 5) is 33.9. The van der Waals surface area contributed by atoms with Crippen LogP contribution in [0.15, 0.2) is 36.8 Å². The van der Waals surface area contributed by atoms with Crippen molar-refractivity contribution in [1.29, 1.82) is 0 Å². The lowest BCUT2D eigenvalue weighted by molar-refractivity contribution is 0.0240. The molecule has 0 atom stereocenters. The number of piperazine rings is 1. The van der Waals surface area contributed by atoms with Gasteiger partial charge in [0.2, 0.25) is 0 Å². The van der Waals surface area contributed by atoms with Crippen LogP contribution in [0.4, 0.5) is 20.6 Å². The summed E-state index contributed by atoms with van der Waals surface area (Å²) in [7, 11) is 0. The number of amides is 2. The summed E-state index contributed by atoms with van der Waals surface area (Å²) >= 11 is 0. The van der Waals surface area contributed by atoms with Crippen molar-refractivity contribution in [3.8, 4) is 0 Å². The molecule has 0 unspecified atom stereocenters. The molecule has 0 radical (unpaired) electrons. The first kappa shape index (κ1) is 25.5. The number of hydrogen-bond donors (Lipinski definition) is 1. The van der Waals surface area contributed by atoms with E-state index in [9.17, 15) is 14.0 Å². The number of carbonyl (C=O) groups excluding carboxylic acids is 2. The number of pyridine rings is 1. The molecule has 0 spiro atoms. The zero-order valence-electron chi connectivity index (χ0n) is 22.3. The highest BCUT2D eigenvalue weighted by Gasteiger charge is 2.27. The molecule has 0 saturated carbocycles. The number of aryl methyl sites for hydroxylation is 2. The normalized spacial score (nSPS) is 14.4. The van der Waals surface area contributed by atoms with Gasteiger partial charge in [-0.1, -0.05) is 0 Å². The molecule has 2 amide bonds. The van der Waals surface area contributed by atoms with Gasteiger partial charge in [0, 0.05) is 68.5 Å². The largest absolute Gasteiger partial charge is 0.444 e. The fourth-order valence-electron chi connectivity index (χ4n) is 4.66. The van der Waals surface area contributed by atoms with Crippen molar-refractivity contribution in [1.82, 2.24) is 24.1 Å². The number of hydrogen-bond acceptors (Lipinski definition) is 6. The van der Waals surface area contributed by atoms with E-state index >= 15 is 0 Å². The molecule has 38 heavy (non-hydrogen) atoms. The van der Waals surface area contributed by atoms with Crippen molar-refractivity contribution in [3.63, 3.8) is 0 Å². The molecule has 0 bridgehead atoms. The highest BCUT2D eigenvalue weighted by Crippen LogP contribution is 2.31. The van der Waals surface area contributed by atoms with Crippen LogP contribution in [0.5, 0.6) is 0 Å². The van der Waals surface area contributed by atoms with Crippen molar-refractivity contribution in [3.05, 3.63) is 53.9 Å². The first-order valence-electron chi connectivity index (χ1n) is 12.7. The minimum atomic E-state index is -0.541. The van der Waals surface area contributed by atoms with Crippen LogP contribution >= 0.6 is 0 Å². The number of benzene rings is 1. The van der Waals surface area contributed by atoms with E-state index in [1.165, 1.54) is 6.07 Å². The highest BCUT2D eigenvalue weighted by molar-refractivity contribution is 6.13. The number of nitrogens with one attached hydrogen (secondary N) is 1. The van der Waals surface area contributed by atoms with E-state index in [2.05, 4.69) is 20.3 Å². The van der Waals surface area contributed by atoms with Crippen LogP contribution in [0.1, 0.15) is 43.7 Å². The summed E-state index contributed by atoms with van der Waals surface area (Å²) in [6.07, 6.45) is 4.96. The third-order valence-electron chi connectivity index (χ3n) is 6.43. The van der Waals surface area contributed by atoms with Gasteiger partial charge in [0.25, 0.3) is 5.91 Å². The van der Waals surface area contributed by atoms with Crippen molar-refractivity contribution in [2.45, 2.75) is 46.8 Å². The third-order valence-corrected chi connectivity index (χ3v) is 6.43. The fourth-order valence-corrected chi connectivity index (χ4v) is 4.66. The maximum Gasteiger partial charge on any atom is 0.410 e. The van der Waals surface area contributed by atoms with Gasteiger partial charge in [0.15, 0.2) is 11.5 Å². The van der Waals surface area contributed by atoms with E-state index in [0.717, 1.165) is 11.1 Å². The van der Waals surface area contributed by atoms with Crippen LogP contribution in [-0.2, 0) is 11.3 Å². The number of ether oxygens (including phenoxy) is 1. The average molecular weight is 522 g/mol. The third kappa shape index (κ3) is 5.00. The van der Waals surface area contributed by atoms with E-state index in [4.69, 9.17) is 4.74 Å². The van der Waals surface area contributed by atoms with Gasteiger partial charge in [-0.25, -0.2) is 14.2 Å². The second kappa shape index (κ2) is 9.62. The smallest absolute Gasteiger partial charge is 0.410 e. The van der Waals surface area contributed by atoms with Gasteiger partial charge in [-0.2, -0.15) is 5.10 Å². The van der Waals surface area contributed by atoms with Gasteiger partial charge in [-0.3, -0.25) is 9.48 Å². The van der Waals surface area contributed by atoms with Gasteiger partial charge < -0.3 is 24.3 Å². The predicted octanol–water partition coefficient (Wildman–Crippen LogP) is 4.46. The first-order chi connectivity index (χ1) is 18.0. The van der Waals surface area contributed by atoms with Gasteiger partial charge in [-0.15, -0.1) is 0 Å². The molecule has 11 heteroatoms. The summed E-state index contributed by atoms with van der Waals surface area (Å²) in [6.45, 7) is 12.3. The molecule has 1 aliphatic heterocycles. The Hall–Kier alpha value is -4.15. The van der Waals surface area contributed by atoms with Crippen LogP contribution in [0.2, 0.25) is 0 Å². The Morgan fingerprint density at radius 3 is 2.53 bits per heavy atom. The van der Waals surface area contributed by atoms with Gasteiger partial charge in [0.05, 0.1) is 16.9 Å². The van der Waals surface area contributed by atoms with E-state index < -0.39 is 11.4 Å². The van der Waals surface area contributed by atoms with Crippen LogP contribution in [0.25, 0.3) is 16.6 Å². The molecule has 4 aromatic rings. The van der Waals surface area contributed by atoms with Crippen molar-refractivity contribution < 1.29 is 18.7 Å². The summed E-state index contributed by atoms with van der Waals surface area (Å²) in [5.74, 6) is -0.898. The molecule has 1 N–H and O–H groups in total. The SMILES string of the molecule is CCn1cc2c(N3CCN(C(=O)OC(C)(C)C)CC3)ccc(C(=O)Nc3cc(F)c4nc(C)cn4c3)c2n1. The fraction of sp³-hybridized carbons (Fsp3) is 0.407. The lowest BCUT2D eigenvalue weighted by Crippen LogP contribution is -2.50. The molecule has 10 nitrogen and oxygen atoms in total. The summed E-state index contributed by atoms with van der Waals surface area (Å²) in [5, 5.41) is 8.31. The number of imidazole rings is 1. The second-order valence-corrected chi connectivity index (χ2v) is 10.5. The molecule has 1 saturated heterocycles. The Labute approximate surface area is 220 Å². The number of aromatic nitrogens is 4. The van der Waals surface area contributed by atoms with Crippen LogP contribution in [0.3, 0.4) is 0 Å². The molecular weight excluding hydrogens is 489 g/mol.